The molecule has 0 bridgehead atoms. The molecule has 9 heteroatoms. The normalized spacial score (nSPS) is 20.0. The molecule has 3 N–H and O–H groups in total. The molecule has 0 atom stereocenters. The molecule has 1 aliphatic rings. The Morgan fingerprint density at radius 1 is 1.30 bits per heavy atom. The molecule has 3 amide bonds. The van der Waals surface area contributed by atoms with Crippen molar-refractivity contribution in [2.75, 3.05) is 12.0 Å². The number of rotatable bonds is 2. The minimum atomic E-state index is -2.88. The standard InChI is InChI=1S/C11H10BrN3O5/c1-20-14-8-9(16)15(10(17)13-11(8,18)19)7-4-2-6(12)3-5-7/h2-5,18-19H,1H3,(H,13,17)/b14-8+. The summed E-state index contributed by atoms with van der Waals surface area (Å²) in [5.74, 6) is -3.88. The third-order valence-electron chi connectivity index (χ3n) is 2.49. The summed E-state index contributed by atoms with van der Waals surface area (Å²) in [6.07, 6.45) is 0. The Labute approximate surface area is 121 Å². The number of carbonyl (C=O) groups excluding carboxylic acids is 2. The molecule has 0 radical (unpaired) electrons. The van der Waals surface area contributed by atoms with Gasteiger partial charge in [0.15, 0.2) is 0 Å². The topological polar surface area (TPSA) is 111 Å². The maximum absolute atomic E-state index is 12.1. The third kappa shape index (κ3) is 2.50. The molecule has 8 nitrogen and oxygen atoms in total. The summed E-state index contributed by atoms with van der Waals surface area (Å²) >= 11 is 3.23. The molecule has 0 aromatic heterocycles. The fourth-order valence-electron chi connectivity index (χ4n) is 1.63. The second kappa shape index (κ2) is 5.19. The van der Waals surface area contributed by atoms with Crippen LogP contribution in [0.3, 0.4) is 0 Å². The molecule has 0 aliphatic carbocycles. The van der Waals surface area contributed by atoms with Crippen LogP contribution in [0.1, 0.15) is 0 Å². The number of imide groups is 1. The van der Waals surface area contributed by atoms with E-state index in [-0.39, 0.29) is 5.69 Å². The predicted molar refractivity (Wildman–Crippen MR) is 71.8 cm³/mol. The quantitative estimate of drug-likeness (QED) is 0.522. The molecular weight excluding hydrogens is 334 g/mol. The molecule has 1 aromatic carbocycles. The number of urea groups is 1. The van der Waals surface area contributed by atoms with E-state index in [2.05, 4.69) is 25.9 Å². The third-order valence-corrected chi connectivity index (χ3v) is 3.02. The van der Waals surface area contributed by atoms with E-state index in [0.29, 0.717) is 0 Å². The summed E-state index contributed by atoms with van der Waals surface area (Å²) in [6, 6.07) is 5.28. The lowest BCUT2D eigenvalue weighted by atomic mass is 10.1. The molecule has 0 unspecified atom stereocenters. The molecular formula is C11H10BrN3O5. The number of anilines is 1. The maximum atomic E-state index is 12.1. The number of oxime groups is 1. The van der Waals surface area contributed by atoms with E-state index < -0.39 is 23.6 Å². The first-order chi connectivity index (χ1) is 9.36. The average molecular weight is 344 g/mol. The minimum Gasteiger partial charge on any atom is -0.399 e. The largest absolute Gasteiger partial charge is 0.399 e. The minimum absolute atomic E-state index is 0.245. The highest BCUT2D eigenvalue weighted by atomic mass is 79.9. The molecule has 1 heterocycles. The molecule has 1 saturated heterocycles. The molecule has 1 aromatic rings. The van der Waals surface area contributed by atoms with Crippen molar-refractivity contribution in [3.8, 4) is 0 Å². The van der Waals surface area contributed by atoms with Gasteiger partial charge in [-0.25, -0.2) is 9.69 Å². The molecule has 20 heavy (non-hydrogen) atoms. The van der Waals surface area contributed by atoms with Gasteiger partial charge in [-0.3, -0.25) is 10.1 Å². The van der Waals surface area contributed by atoms with E-state index in [9.17, 15) is 19.8 Å². The summed E-state index contributed by atoms with van der Waals surface area (Å²) in [4.78, 5) is 29.1. The van der Waals surface area contributed by atoms with E-state index in [1.807, 2.05) is 5.32 Å². The van der Waals surface area contributed by atoms with Crippen LogP contribution in [0.15, 0.2) is 33.9 Å². The van der Waals surface area contributed by atoms with Gasteiger partial charge < -0.3 is 15.1 Å². The van der Waals surface area contributed by atoms with E-state index >= 15 is 0 Å². The molecule has 0 saturated carbocycles. The number of hydrogen-bond acceptors (Lipinski definition) is 6. The highest BCUT2D eigenvalue weighted by Crippen LogP contribution is 2.22. The van der Waals surface area contributed by atoms with E-state index in [1.165, 1.54) is 12.1 Å². The average Bonchev–Trinajstić information content (AvgIpc) is 2.36. The van der Waals surface area contributed by atoms with Crippen LogP contribution in [-0.4, -0.2) is 40.9 Å². The Kier molecular flexibility index (Phi) is 3.75. The Bertz CT molecular complexity index is 584. The number of amides is 3. The van der Waals surface area contributed by atoms with E-state index in [0.717, 1.165) is 16.5 Å². The van der Waals surface area contributed by atoms with Gasteiger partial charge >= 0.3 is 11.9 Å². The number of hydrogen-bond donors (Lipinski definition) is 3. The zero-order valence-corrected chi connectivity index (χ0v) is 11.8. The predicted octanol–water partition coefficient (Wildman–Crippen LogP) is 0.146. The van der Waals surface area contributed by atoms with Crippen LogP contribution >= 0.6 is 15.9 Å². The van der Waals surface area contributed by atoms with Gasteiger partial charge in [0.05, 0.1) is 5.69 Å². The van der Waals surface area contributed by atoms with Crippen LogP contribution in [0.2, 0.25) is 0 Å². The first-order valence-electron chi connectivity index (χ1n) is 5.35. The molecule has 1 fully saturated rings. The van der Waals surface area contributed by atoms with Crippen LogP contribution in [0, 0.1) is 0 Å². The number of nitrogens with one attached hydrogen (secondary N) is 1. The smallest absolute Gasteiger partial charge is 0.333 e. The van der Waals surface area contributed by atoms with Crippen LogP contribution in [-0.2, 0) is 9.63 Å². The number of halogens is 1. The van der Waals surface area contributed by atoms with Crippen molar-refractivity contribution in [3.63, 3.8) is 0 Å². The number of benzene rings is 1. The first kappa shape index (κ1) is 14.4. The SMILES string of the molecule is CO/N=C1\C(=O)N(c2ccc(Br)cc2)C(=O)NC1(O)O. The van der Waals surface area contributed by atoms with Crippen LogP contribution in [0.5, 0.6) is 0 Å². The van der Waals surface area contributed by atoms with E-state index in [4.69, 9.17) is 0 Å². The Hall–Kier alpha value is -1.97. The number of aliphatic hydroxyl groups is 2. The summed E-state index contributed by atoms with van der Waals surface area (Å²) in [7, 11) is 1.14. The fraction of sp³-hybridized carbons (Fsp3) is 0.182. The van der Waals surface area contributed by atoms with Gasteiger partial charge in [0.25, 0.3) is 5.91 Å². The lowest BCUT2D eigenvalue weighted by molar-refractivity contribution is -0.133. The van der Waals surface area contributed by atoms with Gasteiger partial charge in [-0.1, -0.05) is 21.1 Å². The van der Waals surface area contributed by atoms with Gasteiger partial charge in [-0.05, 0) is 24.3 Å². The van der Waals surface area contributed by atoms with Crippen molar-refractivity contribution >= 4 is 39.3 Å². The highest BCUT2D eigenvalue weighted by Gasteiger charge is 2.48. The van der Waals surface area contributed by atoms with Crippen molar-refractivity contribution in [1.29, 1.82) is 0 Å². The second-order valence-electron chi connectivity index (χ2n) is 3.84. The van der Waals surface area contributed by atoms with Gasteiger partial charge in [0.2, 0.25) is 5.71 Å². The monoisotopic (exact) mass is 343 g/mol. The Morgan fingerprint density at radius 3 is 2.45 bits per heavy atom. The van der Waals surface area contributed by atoms with Crippen LogP contribution in [0.25, 0.3) is 0 Å². The maximum Gasteiger partial charge on any atom is 0.333 e. The van der Waals surface area contributed by atoms with Gasteiger partial charge in [0, 0.05) is 4.47 Å². The van der Waals surface area contributed by atoms with Crippen molar-refractivity contribution in [1.82, 2.24) is 5.32 Å². The summed E-state index contributed by atoms with van der Waals surface area (Å²) in [5.41, 5.74) is -0.502. The van der Waals surface area contributed by atoms with Crippen molar-refractivity contribution in [2.24, 2.45) is 5.16 Å². The Balaban J connectivity index is 2.44. The molecule has 106 valence electrons. The lowest BCUT2D eigenvalue weighted by Crippen LogP contribution is -2.68. The van der Waals surface area contributed by atoms with E-state index in [1.54, 1.807) is 12.1 Å². The molecule has 0 spiro atoms. The lowest BCUT2D eigenvalue weighted by Gasteiger charge is -2.33. The zero-order chi connectivity index (χ0) is 14.9. The fourth-order valence-corrected chi connectivity index (χ4v) is 1.89. The van der Waals surface area contributed by atoms with Gasteiger partial charge in [0.1, 0.15) is 7.11 Å². The molecule has 2 rings (SSSR count). The Morgan fingerprint density at radius 2 is 1.90 bits per heavy atom. The van der Waals surface area contributed by atoms with Gasteiger partial charge in [-0.15, -0.1) is 0 Å². The van der Waals surface area contributed by atoms with Crippen molar-refractivity contribution in [3.05, 3.63) is 28.7 Å². The molecule has 1 aliphatic heterocycles. The van der Waals surface area contributed by atoms with Crippen molar-refractivity contribution < 1.29 is 24.6 Å². The van der Waals surface area contributed by atoms with Gasteiger partial charge in [-0.2, -0.15) is 0 Å². The summed E-state index contributed by atoms with van der Waals surface area (Å²) in [5, 5.41) is 24.2. The zero-order valence-electron chi connectivity index (χ0n) is 10.2. The van der Waals surface area contributed by atoms with Crippen LogP contribution < -0.4 is 10.2 Å². The summed E-state index contributed by atoms with van der Waals surface area (Å²) < 4.78 is 0.760. The first-order valence-corrected chi connectivity index (χ1v) is 6.14. The number of nitrogens with zero attached hydrogens (tertiary/aromatic N) is 2. The van der Waals surface area contributed by atoms with Crippen molar-refractivity contribution in [2.45, 2.75) is 5.91 Å². The summed E-state index contributed by atoms with van der Waals surface area (Å²) in [6.45, 7) is 0. The number of carbonyl (C=O) groups is 2. The highest BCUT2D eigenvalue weighted by molar-refractivity contribution is 9.10. The second-order valence-corrected chi connectivity index (χ2v) is 4.76. The van der Waals surface area contributed by atoms with Crippen LogP contribution in [0.4, 0.5) is 10.5 Å².